The van der Waals surface area contributed by atoms with Gasteiger partial charge in [-0.3, -0.25) is 9.59 Å². The molecule has 0 heterocycles. The van der Waals surface area contributed by atoms with Gasteiger partial charge in [-0.2, -0.15) is 0 Å². The minimum Gasteiger partial charge on any atom is -0.458 e. The largest absolute Gasteiger partial charge is 0.458 e. The van der Waals surface area contributed by atoms with Crippen LogP contribution in [0.3, 0.4) is 0 Å². The van der Waals surface area contributed by atoms with Crippen LogP contribution in [0, 0.1) is 0 Å². The molecule has 0 bridgehead atoms. The SMILES string of the molecule is C/C=C/C(=O)OCC=COC(=O)CC(C)=O. The van der Waals surface area contributed by atoms with Gasteiger partial charge in [-0.05, 0) is 19.9 Å². The predicted molar refractivity (Wildman–Crippen MR) is 56.3 cm³/mol. The number of carbonyl (C=O) groups is 3. The van der Waals surface area contributed by atoms with E-state index in [2.05, 4.69) is 9.47 Å². The van der Waals surface area contributed by atoms with Crippen molar-refractivity contribution in [3.05, 3.63) is 24.5 Å². The fraction of sp³-hybridized carbons (Fsp3) is 0.364. The summed E-state index contributed by atoms with van der Waals surface area (Å²) in [5.74, 6) is -1.37. The van der Waals surface area contributed by atoms with Crippen molar-refractivity contribution in [3.8, 4) is 0 Å². The van der Waals surface area contributed by atoms with E-state index in [0.717, 1.165) is 6.26 Å². The molecule has 0 aliphatic carbocycles. The fourth-order valence-electron chi connectivity index (χ4n) is 0.723. The van der Waals surface area contributed by atoms with Gasteiger partial charge in [0.15, 0.2) is 0 Å². The predicted octanol–water partition coefficient (Wildman–Crippen LogP) is 1.14. The van der Waals surface area contributed by atoms with E-state index in [0.29, 0.717) is 0 Å². The molecule has 5 heteroatoms. The average Bonchev–Trinajstić information content (AvgIpc) is 2.16. The molecule has 0 radical (unpaired) electrons. The molecular formula is C11H14O5. The number of carbonyl (C=O) groups excluding carboxylic acids is 3. The maximum absolute atomic E-state index is 10.8. The molecule has 5 nitrogen and oxygen atoms in total. The lowest BCUT2D eigenvalue weighted by Crippen LogP contribution is -2.05. The Morgan fingerprint density at radius 3 is 2.50 bits per heavy atom. The lowest BCUT2D eigenvalue weighted by Gasteiger charge is -1.97. The number of hydrogen-bond donors (Lipinski definition) is 0. The summed E-state index contributed by atoms with van der Waals surface area (Å²) in [6.45, 7) is 3.00. The lowest BCUT2D eigenvalue weighted by molar-refractivity contribution is -0.140. The van der Waals surface area contributed by atoms with Crippen LogP contribution in [-0.4, -0.2) is 24.3 Å². The third-order valence-corrected chi connectivity index (χ3v) is 1.31. The highest BCUT2D eigenvalue weighted by Gasteiger charge is 2.03. The van der Waals surface area contributed by atoms with Crippen LogP contribution in [0.1, 0.15) is 20.3 Å². The summed E-state index contributed by atoms with van der Waals surface area (Å²) in [5.41, 5.74) is 0. The first kappa shape index (κ1) is 14.1. The van der Waals surface area contributed by atoms with Gasteiger partial charge in [0.25, 0.3) is 0 Å². The summed E-state index contributed by atoms with van der Waals surface area (Å²) in [6, 6.07) is 0. The number of ketones is 1. The van der Waals surface area contributed by atoms with Crippen LogP contribution < -0.4 is 0 Å². The molecule has 0 unspecified atom stereocenters. The molecule has 0 N–H and O–H groups in total. The maximum Gasteiger partial charge on any atom is 0.330 e. The summed E-state index contributed by atoms with van der Waals surface area (Å²) in [4.78, 5) is 32.1. The van der Waals surface area contributed by atoms with E-state index in [1.54, 1.807) is 13.0 Å². The zero-order valence-corrected chi connectivity index (χ0v) is 9.26. The van der Waals surface area contributed by atoms with E-state index in [9.17, 15) is 14.4 Å². The molecule has 0 fully saturated rings. The summed E-state index contributed by atoms with van der Waals surface area (Å²) in [6.07, 6.45) is 5.02. The van der Waals surface area contributed by atoms with Gasteiger partial charge >= 0.3 is 11.9 Å². The Labute approximate surface area is 93.7 Å². The first-order chi connectivity index (χ1) is 7.56. The first-order valence-corrected chi connectivity index (χ1v) is 4.69. The Bertz CT molecular complexity index is 314. The molecule has 0 saturated carbocycles. The monoisotopic (exact) mass is 226 g/mol. The molecule has 0 aromatic carbocycles. The minimum absolute atomic E-state index is 0.0104. The van der Waals surface area contributed by atoms with Gasteiger partial charge in [-0.15, -0.1) is 0 Å². The molecule has 0 amide bonds. The Balaban J connectivity index is 3.66. The second kappa shape index (κ2) is 8.40. The molecular weight excluding hydrogens is 212 g/mol. The average molecular weight is 226 g/mol. The highest BCUT2D eigenvalue weighted by Crippen LogP contribution is 1.90. The Morgan fingerprint density at radius 2 is 1.94 bits per heavy atom. The van der Waals surface area contributed by atoms with Crippen LogP contribution in [0.2, 0.25) is 0 Å². The number of esters is 2. The fourth-order valence-corrected chi connectivity index (χ4v) is 0.723. The summed E-state index contributed by atoms with van der Waals surface area (Å²) in [7, 11) is 0. The lowest BCUT2D eigenvalue weighted by atomic mass is 10.3. The second-order valence-corrected chi connectivity index (χ2v) is 2.87. The van der Waals surface area contributed by atoms with Crippen LogP contribution >= 0.6 is 0 Å². The molecule has 88 valence electrons. The van der Waals surface area contributed by atoms with Crippen molar-refractivity contribution in [2.24, 2.45) is 0 Å². The van der Waals surface area contributed by atoms with E-state index in [1.807, 2.05) is 0 Å². The molecule has 0 saturated heterocycles. The number of ether oxygens (including phenoxy) is 2. The number of hydrogen-bond acceptors (Lipinski definition) is 5. The van der Waals surface area contributed by atoms with Crippen LogP contribution in [0.15, 0.2) is 24.5 Å². The third kappa shape index (κ3) is 8.68. The van der Waals surface area contributed by atoms with Gasteiger partial charge in [-0.1, -0.05) is 6.08 Å². The molecule has 0 rings (SSSR count). The normalized spacial score (nSPS) is 10.6. The zero-order chi connectivity index (χ0) is 12.4. The van der Waals surface area contributed by atoms with Crippen molar-refractivity contribution < 1.29 is 23.9 Å². The minimum atomic E-state index is -0.636. The van der Waals surface area contributed by atoms with E-state index < -0.39 is 11.9 Å². The molecule has 0 spiro atoms. The van der Waals surface area contributed by atoms with Crippen molar-refractivity contribution >= 4 is 17.7 Å². The highest BCUT2D eigenvalue weighted by atomic mass is 16.5. The van der Waals surface area contributed by atoms with Gasteiger partial charge in [0.05, 0.1) is 6.26 Å². The van der Waals surface area contributed by atoms with E-state index >= 15 is 0 Å². The molecule has 0 aliphatic heterocycles. The van der Waals surface area contributed by atoms with Crippen LogP contribution in [0.5, 0.6) is 0 Å². The Hall–Kier alpha value is -1.91. The molecule has 0 aliphatic rings. The van der Waals surface area contributed by atoms with Crippen LogP contribution in [0.25, 0.3) is 0 Å². The van der Waals surface area contributed by atoms with Gasteiger partial charge in [0.2, 0.25) is 0 Å². The quantitative estimate of drug-likeness (QED) is 0.294. The van der Waals surface area contributed by atoms with Gasteiger partial charge < -0.3 is 9.47 Å². The van der Waals surface area contributed by atoms with Crippen molar-refractivity contribution in [1.29, 1.82) is 0 Å². The Kier molecular flexibility index (Phi) is 7.40. The number of allylic oxidation sites excluding steroid dienone is 1. The second-order valence-electron chi connectivity index (χ2n) is 2.87. The van der Waals surface area contributed by atoms with Gasteiger partial charge in [0.1, 0.15) is 18.8 Å². The van der Waals surface area contributed by atoms with Crippen LogP contribution in [0.4, 0.5) is 0 Å². The molecule has 16 heavy (non-hydrogen) atoms. The smallest absolute Gasteiger partial charge is 0.330 e. The van der Waals surface area contributed by atoms with E-state index in [4.69, 9.17) is 0 Å². The molecule has 0 atom stereocenters. The van der Waals surface area contributed by atoms with E-state index in [-0.39, 0.29) is 18.8 Å². The standard InChI is InChI=1S/C11H14O5/c1-3-5-10(13)15-6-4-7-16-11(14)8-9(2)12/h3-5,7H,6,8H2,1-2H3/b5-3+,7-4?. The topological polar surface area (TPSA) is 69.7 Å². The first-order valence-electron chi connectivity index (χ1n) is 4.69. The molecule has 0 aromatic rings. The van der Waals surface area contributed by atoms with Crippen LogP contribution in [-0.2, 0) is 23.9 Å². The van der Waals surface area contributed by atoms with Gasteiger partial charge in [0, 0.05) is 6.08 Å². The zero-order valence-electron chi connectivity index (χ0n) is 9.26. The third-order valence-electron chi connectivity index (χ3n) is 1.31. The summed E-state index contributed by atoms with van der Waals surface area (Å²) < 4.78 is 9.22. The number of Topliss-reactive ketones (excluding diaryl/α,β-unsaturated/α-hetero) is 1. The Morgan fingerprint density at radius 1 is 1.25 bits per heavy atom. The van der Waals surface area contributed by atoms with Crippen molar-refractivity contribution in [2.75, 3.05) is 6.61 Å². The maximum atomic E-state index is 10.8. The van der Waals surface area contributed by atoms with Crippen molar-refractivity contribution in [3.63, 3.8) is 0 Å². The van der Waals surface area contributed by atoms with Gasteiger partial charge in [-0.25, -0.2) is 4.79 Å². The number of rotatable bonds is 6. The molecule has 0 aromatic heterocycles. The summed E-state index contributed by atoms with van der Waals surface area (Å²) >= 11 is 0. The van der Waals surface area contributed by atoms with Crippen molar-refractivity contribution in [1.82, 2.24) is 0 Å². The van der Waals surface area contributed by atoms with E-state index in [1.165, 1.54) is 19.1 Å². The van der Waals surface area contributed by atoms with Crippen molar-refractivity contribution in [2.45, 2.75) is 20.3 Å². The highest BCUT2D eigenvalue weighted by molar-refractivity contribution is 5.94. The summed E-state index contributed by atoms with van der Waals surface area (Å²) in [5, 5.41) is 0.